The maximum absolute atomic E-state index is 10.2. The molecule has 0 saturated heterocycles. The molecule has 17 heavy (non-hydrogen) atoms. The number of carbonyl (C=O) groups is 1. The molecule has 1 amide bonds. The van der Waals surface area contributed by atoms with Gasteiger partial charge in [-0.3, -0.25) is 9.78 Å². The van der Waals surface area contributed by atoms with Crippen LogP contribution in [-0.2, 0) is 4.79 Å². The fourth-order valence-electron chi connectivity index (χ4n) is 1.43. The lowest BCUT2D eigenvalue weighted by molar-refractivity contribution is -0.105. The van der Waals surface area contributed by atoms with Gasteiger partial charge in [-0.2, -0.15) is 0 Å². The van der Waals surface area contributed by atoms with Crippen molar-refractivity contribution in [1.82, 2.24) is 4.98 Å². The van der Waals surface area contributed by atoms with Crippen molar-refractivity contribution in [2.45, 2.75) is 0 Å². The minimum Gasteiger partial charge on any atom is -0.329 e. The van der Waals surface area contributed by atoms with Crippen molar-refractivity contribution < 1.29 is 4.79 Å². The summed E-state index contributed by atoms with van der Waals surface area (Å²) in [6.07, 6.45) is 8.22. The van der Waals surface area contributed by atoms with Gasteiger partial charge in [0, 0.05) is 18.1 Å². The summed E-state index contributed by atoms with van der Waals surface area (Å²) in [4.78, 5) is 14.2. The third-order valence-electron chi connectivity index (χ3n) is 2.31. The lowest BCUT2D eigenvalue weighted by atomic mass is 10.1. The van der Waals surface area contributed by atoms with Crippen molar-refractivity contribution in [1.29, 1.82) is 0 Å². The summed E-state index contributed by atoms with van der Waals surface area (Å²) in [5.74, 6) is 0. The predicted octanol–water partition coefficient (Wildman–Crippen LogP) is 2.82. The van der Waals surface area contributed by atoms with Gasteiger partial charge in [0.2, 0.25) is 6.41 Å². The number of aromatic nitrogens is 1. The summed E-state index contributed by atoms with van der Waals surface area (Å²) in [6, 6.07) is 11.5. The average molecular weight is 224 g/mol. The van der Waals surface area contributed by atoms with E-state index in [0.29, 0.717) is 6.41 Å². The number of hydrogen-bond donors (Lipinski definition) is 1. The summed E-state index contributed by atoms with van der Waals surface area (Å²) in [7, 11) is 0. The van der Waals surface area contributed by atoms with E-state index in [9.17, 15) is 4.79 Å². The minimum absolute atomic E-state index is 0.668. The summed E-state index contributed by atoms with van der Waals surface area (Å²) in [5.41, 5.74) is 2.98. The molecule has 0 saturated carbocycles. The molecule has 1 aromatic carbocycles. The number of carbonyl (C=O) groups excluding carboxylic acids is 1. The Morgan fingerprint density at radius 2 is 1.47 bits per heavy atom. The zero-order valence-corrected chi connectivity index (χ0v) is 9.21. The van der Waals surface area contributed by atoms with Crippen molar-refractivity contribution in [2.75, 3.05) is 5.32 Å². The SMILES string of the molecule is O=CNc1ccc(/C=C/c2ccncc2)cc1. The molecule has 1 aromatic heterocycles. The first kappa shape index (κ1) is 11.1. The smallest absolute Gasteiger partial charge is 0.211 e. The van der Waals surface area contributed by atoms with Crippen LogP contribution in [0.4, 0.5) is 5.69 Å². The number of rotatable bonds is 4. The number of anilines is 1. The Hall–Kier alpha value is -2.42. The van der Waals surface area contributed by atoms with E-state index in [2.05, 4.69) is 10.3 Å². The van der Waals surface area contributed by atoms with E-state index >= 15 is 0 Å². The lowest BCUT2D eigenvalue weighted by Gasteiger charge is -1.98. The van der Waals surface area contributed by atoms with Gasteiger partial charge in [0.05, 0.1) is 0 Å². The summed E-state index contributed by atoms with van der Waals surface area (Å²) in [5, 5.41) is 2.60. The molecule has 0 unspecified atom stereocenters. The first-order valence-corrected chi connectivity index (χ1v) is 5.27. The van der Waals surface area contributed by atoms with Crippen LogP contribution in [0, 0.1) is 0 Å². The van der Waals surface area contributed by atoms with Gasteiger partial charge in [-0.05, 0) is 35.4 Å². The third-order valence-corrected chi connectivity index (χ3v) is 2.31. The number of hydrogen-bond acceptors (Lipinski definition) is 2. The van der Waals surface area contributed by atoms with Crippen molar-refractivity contribution in [3.63, 3.8) is 0 Å². The molecule has 1 heterocycles. The summed E-state index contributed by atoms with van der Waals surface area (Å²) in [6.45, 7) is 0. The standard InChI is InChI=1S/C14H12N2O/c17-11-16-14-5-3-12(4-6-14)1-2-13-7-9-15-10-8-13/h1-11H,(H,16,17)/b2-1+. The van der Waals surface area contributed by atoms with Crippen molar-refractivity contribution >= 4 is 24.2 Å². The van der Waals surface area contributed by atoms with E-state index in [1.54, 1.807) is 12.4 Å². The van der Waals surface area contributed by atoms with Crippen LogP contribution in [0.25, 0.3) is 12.2 Å². The van der Waals surface area contributed by atoms with Gasteiger partial charge in [0.15, 0.2) is 0 Å². The highest BCUT2D eigenvalue weighted by molar-refractivity contribution is 5.74. The Morgan fingerprint density at radius 1 is 0.882 bits per heavy atom. The van der Waals surface area contributed by atoms with Crippen LogP contribution in [0.5, 0.6) is 0 Å². The van der Waals surface area contributed by atoms with Gasteiger partial charge in [0.1, 0.15) is 0 Å². The first-order valence-electron chi connectivity index (χ1n) is 5.27. The largest absolute Gasteiger partial charge is 0.329 e. The number of nitrogens with zero attached hydrogens (tertiary/aromatic N) is 1. The van der Waals surface area contributed by atoms with Crippen LogP contribution in [-0.4, -0.2) is 11.4 Å². The number of amides is 1. The van der Waals surface area contributed by atoms with Crippen LogP contribution >= 0.6 is 0 Å². The van der Waals surface area contributed by atoms with Gasteiger partial charge >= 0.3 is 0 Å². The topological polar surface area (TPSA) is 42.0 Å². The molecule has 0 bridgehead atoms. The van der Waals surface area contributed by atoms with E-state index < -0.39 is 0 Å². The van der Waals surface area contributed by atoms with Crippen LogP contribution < -0.4 is 5.32 Å². The second-order valence-electron chi connectivity index (χ2n) is 3.50. The Morgan fingerprint density at radius 3 is 2.06 bits per heavy atom. The zero-order valence-electron chi connectivity index (χ0n) is 9.21. The first-order chi connectivity index (χ1) is 8.38. The molecular formula is C14H12N2O. The maximum atomic E-state index is 10.2. The Bertz CT molecular complexity index is 504. The highest BCUT2D eigenvalue weighted by Gasteiger charge is 1.90. The quantitative estimate of drug-likeness (QED) is 0.811. The Balaban J connectivity index is 2.08. The number of pyridine rings is 1. The van der Waals surface area contributed by atoms with Crippen molar-refractivity contribution in [3.8, 4) is 0 Å². The molecule has 0 aliphatic carbocycles. The van der Waals surface area contributed by atoms with Gasteiger partial charge in [-0.25, -0.2) is 0 Å². The molecule has 3 heteroatoms. The van der Waals surface area contributed by atoms with Gasteiger partial charge in [0.25, 0.3) is 0 Å². The number of benzene rings is 1. The molecule has 0 aliphatic rings. The lowest BCUT2D eigenvalue weighted by Crippen LogP contribution is -1.92. The summed E-state index contributed by atoms with van der Waals surface area (Å²) < 4.78 is 0. The fourth-order valence-corrected chi connectivity index (χ4v) is 1.43. The molecule has 3 nitrogen and oxygen atoms in total. The molecule has 2 rings (SSSR count). The molecule has 0 aliphatic heterocycles. The van der Waals surface area contributed by atoms with E-state index in [1.165, 1.54) is 0 Å². The Labute approximate surface area is 99.8 Å². The van der Waals surface area contributed by atoms with Crippen LogP contribution in [0.2, 0.25) is 0 Å². The molecule has 0 fully saturated rings. The monoisotopic (exact) mass is 224 g/mol. The number of nitrogens with one attached hydrogen (secondary N) is 1. The van der Waals surface area contributed by atoms with Gasteiger partial charge < -0.3 is 5.32 Å². The molecule has 84 valence electrons. The predicted molar refractivity (Wildman–Crippen MR) is 69.3 cm³/mol. The van der Waals surface area contributed by atoms with E-state index in [1.807, 2.05) is 48.6 Å². The minimum atomic E-state index is 0.668. The average Bonchev–Trinajstić information content (AvgIpc) is 2.40. The van der Waals surface area contributed by atoms with E-state index in [-0.39, 0.29) is 0 Å². The van der Waals surface area contributed by atoms with Crippen LogP contribution in [0.15, 0.2) is 48.8 Å². The van der Waals surface area contributed by atoms with Crippen LogP contribution in [0.1, 0.15) is 11.1 Å². The van der Waals surface area contributed by atoms with Crippen molar-refractivity contribution in [3.05, 3.63) is 59.9 Å². The molecule has 0 radical (unpaired) electrons. The highest BCUT2D eigenvalue weighted by Crippen LogP contribution is 2.11. The van der Waals surface area contributed by atoms with E-state index in [4.69, 9.17) is 0 Å². The molecule has 0 atom stereocenters. The normalized spacial score (nSPS) is 10.4. The maximum Gasteiger partial charge on any atom is 0.211 e. The molecule has 0 spiro atoms. The second-order valence-corrected chi connectivity index (χ2v) is 3.50. The molecule has 2 aromatic rings. The zero-order chi connectivity index (χ0) is 11.9. The fraction of sp³-hybridized carbons (Fsp3) is 0. The summed E-state index contributed by atoms with van der Waals surface area (Å²) >= 11 is 0. The van der Waals surface area contributed by atoms with Gasteiger partial charge in [-0.15, -0.1) is 0 Å². The van der Waals surface area contributed by atoms with Crippen molar-refractivity contribution in [2.24, 2.45) is 0 Å². The van der Waals surface area contributed by atoms with Gasteiger partial charge in [-0.1, -0.05) is 24.3 Å². The Kier molecular flexibility index (Phi) is 3.65. The van der Waals surface area contributed by atoms with E-state index in [0.717, 1.165) is 16.8 Å². The van der Waals surface area contributed by atoms with Crippen LogP contribution in [0.3, 0.4) is 0 Å². The second kappa shape index (κ2) is 5.61. The third kappa shape index (κ3) is 3.28. The highest BCUT2D eigenvalue weighted by atomic mass is 16.1. The molecular weight excluding hydrogens is 212 g/mol. The molecule has 1 N–H and O–H groups in total.